The summed E-state index contributed by atoms with van der Waals surface area (Å²) >= 11 is 0. The molecule has 0 saturated carbocycles. The minimum atomic E-state index is 0.877. The highest BCUT2D eigenvalue weighted by Gasteiger charge is 2.13. The predicted molar refractivity (Wildman–Crippen MR) is 50.6 cm³/mol. The molecule has 1 rings (SSSR count). The maximum atomic E-state index is 2.43. The van der Waals surface area contributed by atoms with Crippen LogP contribution in [0.3, 0.4) is 0 Å². The van der Waals surface area contributed by atoms with Crippen LogP contribution in [0.4, 0.5) is 0 Å². The quantitative estimate of drug-likeness (QED) is 0.528. The summed E-state index contributed by atoms with van der Waals surface area (Å²) in [6.45, 7) is 4.62. The van der Waals surface area contributed by atoms with Crippen molar-refractivity contribution in [2.45, 2.75) is 46.0 Å². The Balaban J connectivity index is 2.41. The Morgan fingerprint density at radius 1 is 1.27 bits per heavy atom. The molecule has 1 aliphatic carbocycles. The van der Waals surface area contributed by atoms with Gasteiger partial charge in [0, 0.05) is 0 Å². The van der Waals surface area contributed by atoms with E-state index >= 15 is 0 Å². The highest BCUT2D eigenvalue weighted by molar-refractivity contribution is 4.92. The van der Waals surface area contributed by atoms with Gasteiger partial charge in [-0.15, -0.1) is 0 Å². The van der Waals surface area contributed by atoms with Gasteiger partial charge in [-0.2, -0.15) is 0 Å². The Labute approximate surface area is 70.7 Å². The number of hydrogen-bond acceptors (Lipinski definition) is 0. The number of hydrogen-bond donors (Lipinski definition) is 0. The number of rotatable bonds is 2. The first-order chi connectivity index (χ1) is 5.36. The van der Waals surface area contributed by atoms with Crippen LogP contribution < -0.4 is 0 Å². The van der Waals surface area contributed by atoms with Gasteiger partial charge in [0.15, 0.2) is 0 Å². The lowest BCUT2D eigenvalue weighted by Crippen LogP contribution is -2.03. The minimum Gasteiger partial charge on any atom is -0.0882 e. The molecule has 0 aliphatic heterocycles. The van der Waals surface area contributed by atoms with Gasteiger partial charge >= 0.3 is 0 Å². The lowest BCUT2D eigenvalue weighted by atomic mass is 9.90. The molecular formula is C11H20. The van der Waals surface area contributed by atoms with Crippen LogP contribution >= 0.6 is 0 Å². The van der Waals surface area contributed by atoms with Crippen LogP contribution in [0.2, 0.25) is 0 Å². The molecule has 0 saturated heterocycles. The molecule has 0 spiro atoms. The fourth-order valence-corrected chi connectivity index (χ4v) is 1.92. The molecular weight excluding hydrogens is 132 g/mol. The average molecular weight is 152 g/mol. The lowest BCUT2D eigenvalue weighted by molar-refractivity contribution is 0.389. The maximum absolute atomic E-state index is 2.43. The minimum absolute atomic E-state index is 0.877. The van der Waals surface area contributed by atoms with Gasteiger partial charge in [0.1, 0.15) is 0 Å². The second-order valence-electron chi connectivity index (χ2n) is 3.68. The van der Waals surface area contributed by atoms with E-state index < -0.39 is 0 Å². The van der Waals surface area contributed by atoms with Crippen molar-refractivity contribution in [2.75, 3.05) is 0 Å². The second-order valence-corrected chi connectivity index (χ2v) is 3.68. The molecule has 0 amide bonds. The maximum Gasteiger partial charge on any atom is -0.0234 e. The van der Waals surface area contributed by atoms with Crippen LogP contribution in [0.25, 0.3) is 0 Å². The molecule has 0 N–H and O–H groups in total. The molecule has 0 heterocycles. The van der Waals surface area contributed by atoms with E-state index in [1.165, 1.54) is 32.1 Å². The van der Waals surface area contributed by atoms with E-state index in [1.54, 1.807) is 0 Å². The van der Waals surface area contributed by atoms with E-state index in [-0.39, 0.29) is 0 Å². The molecule has 11 heavy (non-hydrogen) atoms. The fourth-order valence-electron chi connectivity index (χ4n) is 1.92. The molecule has 0 nitrogen and oxygen atoms in total. The predicted octanol–water partition coefficient (Wildman–Crippen LogP) is 3.78. The normalized spacial score (nSPS) is 31.8. The Hall–Kier alpha value is -0.260. The fraction of sp³-hybridized carbons (Fsp3) is 0.818. The van der Waals surface area contributed by atoms with Crippen LogP contribution in [-0.4, -0.2) is 0 Å². The molecule has 64 valence electrons. The van der Waals surface area contributed by atoms with Gasteiger partial charge in [0.2, 0.25) is 0 Å². The monoisotopic (exact) mass is 152 g/mol. The second kappa shape index (κ2) is 4.58. The smallest absolute Gasteiger partial charge is 0.0234 e. The standard InChI is InChI=1S/C11H20/c1-3-10-7-5-6-8-11(4-2)9-10/h5,7,10-11H,3-4,6,8-9H2,1-2H3. The molecule has 0 aromatic carbocycles. The van der Waals surface area contributed by atoms with Crippen LogP contribution in [0.1, 0.15) is 46.0 Å². The molecule has 0 aromatic heterocycles. The zero-order valence-electron chi connectivity index (χ0n) is 7.84. The third kappa shape index (κ3) is 2.69. The van der Waals surface area contributed by atoms with Gasteiger partial charge in [-0.1, -0.05) is 32.4 Å². The molecule has 0 radical (unpaired) electrons. The van der Waals surface area contributed by atoms with E-state index in [1.807, 2.05) is 0 Å². The van der Waals surface area contributed by atoms with Crippen LogP contribution in [0.15, 0.2) is 12.2 Å². The van der Waals surface area contributed by atoms with Gasteiger partial charge in [-0.3, -0.25) is 0 Å². The van der Waals surface area contributed by atoms with Gasteiger partial charge in [0.25, 0.3) is 0 Å². The summed E-state index contributed by atoms with van der Waals surface area (Å²) in [5.41, 5.74) is 0. The van der Waals surface area contributed by atoms with E-state index in [4.69, 9.17) is 0 Å². The lowest BCUT2D eigenvalue weighted by Gasteiger charge is -2.15. The molecule has 0 bridgehead atoms. The Kier molecular flexibility index (Phi) is 3.68. The topological polar surface area (TPSA) is 0 Å². The Morgan fingerprint density at radius 2 is 2.09 bits per heavy atom. The van der Waals surface area contributed by atoms with Gasteiger partial charge in [-0.05, 0) is 37.5 Å². The van der Waals surface area contributed by atoms with Crippen molar-refractivity contribution >= 4 is 0 Å². The van der Waals surface area contributed by atoms with Crippen molar-refractivity contribution in [3.8, 4) is 0 Å². The first kappa shape index (κ1) is 8.83. The SMILES string of the molecule is CCC1C=CCCC(CC)C1. The van der Waals surface area contributed by atoms with Crippen molar-refractivity contribution in [3.05, 3.63) is 12.2 Å². The summed E-state index contributed by atoms with van der Waals surface area (Å²) in [4.78, 5) is 0. The van der Waals surface area contributed by atoms with Crippen molar-refractivity contribution in [3.63, 3.8) is 0 Å². The number of allylic oxidation sites excluding steroid dienone is 2. The van der Waals surface area contributed by atoms with Gasteiger partial charge < -0.3 is 0 Å². The Morgan fingerprint density at radius 3 is 2.73 bits per heavy atom. The van der Waals surface area contributed by atoms with E-state index in [0.29, 0.717) is 0 Å². The van der Waals surface area contributed by atoms with Crippen molar-refractivity contribution < 1.29 is 0 Å². The van der Waals surface area contributed by atoms with Crippen LogP contribution in [-0.2, 0) is 0 Å². The van der Waals surface area contributed by atoms with Crippen LogP contribution in [0.5, 0.6) is 0 Å². The molecule has 1 aliphatic rings. The molecule has 2 unspecified atom stereocenters. The summed E-state index contributed by atoms with van der Waals surface area (Å²) < 4.78 is 0. The summed E-state index contributed by atoms with van der Waals surface area (Å²) in [6.07, 6.45) is 11.7. The summed E-state index contributed by atoms with van der Waals surface area (Å²) in [5, 5.41) is 0. The summed E-state index contributed by atoms with van der Waals surface area (Å²) in [5.74, 6) is 1.87. The molecule has 2 atom stereocenters. The zero-order chi connectivity index (χ0) is 8.10. The average Bonchev–Trinajstić information content (AvgIpc) is 2.28. The first-order valence-corrected chi connectivity index (χ1v) is 5.03. The van der Waals surface area contributed by atoms with Crippen molar-refractivity contribution in [1.29, 1.82) is 0 Å². The molecule has 0 aromatic rings. The van der Waals surface area contributed by atoms with Crippen LogP contribution in [0, 0.1) is 11.8 Å². The highest BCUT2D eigenvalue weighted by Crippen LogP contribution is 2.26. The van der Waals surface area contributed by atoms with E-state index in [2.05, 4.69) is 26.0 Å². The van der Waals surface area contributed by atoms with E-state index in [0.717, 1.165) is 11.8 Å². The van der Waals surface area contributed by atoms with E-state index in [9.17, 15) is 0 Å². The van der Waals surface area contributed by atoms with Gasteiger partial charge in [-0.25, -0.2) is 0 Å². The highest BCUT2D eigenvalue weighted by atomic mass is 14.2. The van der Waals surface area contributed by atoms with Crippen molar-refractivity contribution in [2.24, 2.45) is 11.8 Å². The summed E-state index contributed by atoms with van der Waals surface area (Å²) in [7, 11) is 0. The first-order valence-electron chi connectivity index (χ1n) is 5.03. The third-order valence-corrected chi connectivity index (χ3v) is 2.89. The third-order valence-electron chi connectivity index (χ3n) is 2.89. The molecule has 0 fully saturated rings. The largest absolute Gasteiger partial charge is 0.0882 e. The van der Waals surface area contributed by atoms with Gasteiger partial charge in [0.05, 0.1) is 0 Å². The Bertz CT molecular complexity index is 124. The summed E-state index contributed by atoms with van der Waals surface area (Å²) in [6, 6.07) is 0. The molecule has 0 heteroatoms. The van der Waals surface area contributed by atoms with Crippen molar-refractivity contribution in [1.82, 2.24) is 0 Å². The zero-order valence-corrected chi connectivity index (χ0v) is 7.84.